The Bertz CT molecular complexity index is 499. The lowest BCUT2D eigenvalue weighted by Crippen LogP contribution is -2.14. The van der Waals surface area contributed by atoms with Crippen molar-refractivity contribution in [2.75, 3.05) is 6.54 Å². The second kappa shape index (κ2) is 8.11. The zero-order valence-electron chi connectivity index (χ0n) is 12.9. The van der Waals surface area contributed by atoms with Gasteiger partial charge in [0.1, 0.15) is 0 Å². The van der Waals surface area contributed by atoms with Crippen molar-refractivity contribution >= 4 is 10.9 Å². The highest BCUT2D eigenvalue weighted by molar-refractivity contribution is 5.79. The lowest BCUT2D eigenvalue weighted by atomic mass is 10.0. The maximum Gasteiger partial charge on any atom is 0.0457 e. The fraction of sp³-hybridized carbons (Fsp3) is 0.556. The molecule has 2 rings (SSSR count). The third-order valence-corrected chi connectivity index (χ3v) is 3.83. The molecule has 110 valence electrons. The van der Waals surface area contributed by atoms with E-state index in [0.29, 0.717) is 0 Å². The molecule has 0 saturated carbocycles. The van der Waals surface area contributed by atoms with Crippen molar-refractivity contribution in [3.05, 3.63) is 36.0 Å². The normalized spacial score (nSPS) is 11.6. The molecule has 1 aromatic heterocycles. The van der Waals surface area contributed by atoms with Gasteiger partial charge in [0.05, 0.1) is 0 Å². The van der Waals surface area contributed by atoms with E-state index >= 15 is 0 Å². The number of hydrogen-bond acceptors (Lipinski definition) is 1. The minimum atomic E-state index is 0.857. The van der Waals surface area contributed by atoms with Gasteiger partial charge in [0, 0.05) is 18.3 Å². The van der Waals surface area contributed by atoms with Crippen molar-refractivity contribution in [1.29, 1.82) is 0 Å². The van der Waals surface area contributed by atoms with Gasteiger partial charge < -0.3 is 10.3 Å². The van der Waals surface area contributed by atoms with E-state index in [1.54, 1.807) is 0 Å². The Balaban J connectivity index is 1.56. The third kappa shape index (κ3) is 5.01. The Labute approximate surface area is 123 Å². The molecule has 0 aliphatic carbocycles. The smallest absolute Gasteiger partial charge is 0.0457 e. The van der Waals surface area contributed by atoms with E-state index in [0.717, 1.165) is 19.0 Å². The van der Waals surface area contributed by atoms with Crippen molar-refractivity contribution in [3.8, 4) is 0 Å². The largest absolute Gasteiger partial charge is 0.361 e. The predicted molar refractivity (Wildman–Crippen MR) is 87.9 cm³/mol. The van der Waals surface area contributed by atoms with Gasteiger partial charge in [0.2, 0.25) is 0 Å². The molecule has 0 spiro atoms. The molecule has 2 aromatic rings. The van der Waals surface area contributed by atoms with Crippen LogP contribution in [0.2, 0.25) is 0 Å². The second-order valence-corrected chi connectivity index (χ2v) is 6.17. The summed E-state index contributed by atoms with van der Waals surface area (Å²) in [4.78, 5) is 3.27. The SMILES string of the molecule is CC(C)CCCCCCNCc1ccc2cc[nH]c2c1. The minimum Gasteiger partial charge on any atom is -0.361 e. The number of hydrogen-bond donors (Lipinski definition) is 2. The molecule has 2 heteroatoms. The maximum atomic E-state index is 3.54. The van der Waals surface area contributed by atoms with E-state index in [1.807, 2.05) is 6.20 Å². The van der Waals surface area contributed by atoms with Gasteiger partial charge in [-0.25, -0.2) is 0 Å². The van der Waals surface area contributed by atoms with Crippen molar-refractivity contribution in [3.63, 3.8) is 0 Å². The first kappa shape index (κ1) is 15.1. The zero-order chi connectivity index (χ0) is 14.2. The molecular weight excluding hydrogens is 244 g/mol. The van der Waals surface area contributed by atoms with Crippen LogP contribution in [0.15, 0.2) is 30.5 Å². The second-order valence-electron chi connectivity index (χ2n) is 6.17. The highest BCUT2D eigenvalue weighted by Crippen LogP contribution is 2.14. The maximum absolute atomic E-state index is 3.54. The lowest BCUT2D eigenvalue weighted by molar-refractivity contribution is 0.512. The molecule has 1 heterocycles. The summed E-state index contributed by atoms with van der Waals surface area (Å²) in [5.41, 5.74) is 2.60. The summed E-state index contributed by atoms with van der Waals surface area (Å²) in [7, 11) is 0. The highest BCUT2D eigenvalue weighted by atomic mass is 14.8. The summed E-state index contributed by atoms with van der Waals surface area (Å²) in [6.45, 7) is 6.72. The van der Waals surface area contributed by atoms with E-state index in [2.05, 4.69) is 48.4 Å². The van der Waals surface area contributed by atoms with Gasteiger partial charge in [-0.05, 0) is 42.0 Å². The summed E-state index contributed by atoms with van der Waals surface area (Å²) in [5.74, 6) is 0.857. The number of unbranched alkanes of at least 4 members (excludes halogenated alkanes) is 3. The molecular formula is C18H28N2. The van der Waals surface area contributed by atoms with Crippen molar-refractivity contribution in [2.24, 2.45) is 5.92 Å². The van der Waals surface area contributed by atoms with Gasteiger partial charge >= 0.3 is 0 Å². The fourth-order valence-electron chi connectivity index (χ4n) is 2.59. The van der Waals surface area contributed by atoms with Gasteiger partial charge in [-0.3, -0.25) is 0 Å². The molecule has 2 nitrogen and oxygen atoms in total. The van der Waals surface area contributed by atoms with Crippen LogP contribution in [0.1, 0.15) is 51.5 Å². The Morgan fingerprint density at radius 1 is 1.05 bits per heavy atom. The Morgan fingerprint density at radius 2 is 1.90 bits per heavy atom. The van der Waals surface area contributed by atoms with Crippen LogP contribution in [0.4, 0.5) is 0 Å². The van der Waals surface area contributed by atoms with Gasteiger partial charge in [-0.2, -0.15) is 0 Å². The Hall–Kier alpha value is -1.28. The van der Waals surface area contributed by atoms with Crippen LogP contribution in [0, 0.1) is 5.92 Å². The summed E-state index contributed by atoms with van der Waals surface area (Å²) >= 11 is 0. The number of benzene rings is 1. The molecule has 0 bridgehead atoms. The Kier molecular flexibility index (Phi) is 6.13. The first-order valence-electron chi connectivity index (χ1n) is 8.02. The molecule has 2 N–H and O–H groups in total. The van der Waals surface area contributed by atoms with Crippen LogP contribution < -0.4 is 5.32 Å². The molecule has 1 aromatic carbocycles. The van der Waals surface area contributed by atoms with E-state index in [1.165, 1.54) is 48.6 Å². The van der Waals surface area contributed by atoms with E-state index in [9.17, 15) is 0 Å². The quantitative estimate of drug-likeness (QED) is 0.627. The lowest BCUT2D eigenvalue weighted by Gasteiger charge is -2.06. The van der Waals surface area contributed by atoms with Crippen LogP contribution in [-0.2, 0) is 6.54 Å². The molecule has 0 aliphatic heterocycles. The van der Waals surface area contributed by atoms with Crippen LogP contribution in [0.5, 0.6) is 0 Å². The number of rotatable bonds is 9. The highest BCUT2D eigenvalue weighted by Gasteiger charge is 1.98. The average Bonchev–Trinajstić information content (AvgIpc) is 2.89. The molecule has 0 unspecified atom stereocenters. The van der Waals surface area contributed by atoms with Gasteiger partial charge in [-0.15, -0.1) is 0 Å². The number of H-pyrrole nitrogens is 1. The first-order chi connectivity index (χ1) is 9.75. The number of nitrogens with one attached hydrogen (secondary N) is 2. The van der Waals surface area contributed by atoms with Crippen molar-refractivity contribution in [1.82, 2.24) is 10.3 Å². The van der Waals surface area contributed by atoms with Gasteiger partial charge in [0.15, 0.2) is 0 Å². The molecule has 0 aliphatic rings. The molecule has 0 atom stereocenters. The molecule has 0 amide bonds. The van der Waals surface area contributed by atoms with Crippen LogP contribution >= 0.6 is 0 Å². The predicted octanol–water partition coefficient (Wildman–Crippen LogP) is 4.86. The van der Waals surface area contributed by atoms with E-state index < -0.39 is 0 Å². The standard InChI is InChI=1S/C18H28N2/c1-15(2)7-5-3-4-6-11-19-14-16-8-9-17-10-12-20-18(17)13-16/h8-10,12-13,15,19-20H,3-7,11,14H2,1-2H3. The van der Waals surface area contributed by atoms with Gasteiger partial charge in [-0.1, -0.05) is 51.7 Å². The van der Waals surface area contributed by atoms with Crippen molar-refractivity contribution in [2.45, 2.75) is 52.5 Å². The van der Waals surface area contributed by atoms with Crippen molar-refractivity contribution < 1.29 is 0 Å². The fourth-order valence-corrected chi connectivity index (χ4v) is 2.59. The van der Waals surface area contributed by atoms with E-state index in [4.69, 9.17) is 0 Å². The zero-order valence-corrected chi connectivity index (χ0v) is 12.9. The summed E-state index contributed by atoms with van der Waals surface area (Å²) in [5, 5.41) is 4.84. The number of fused-ring (bicyclic) bond motifs is 1. The van der Waals surface area contributed by atoms with E-state index in [-0.39, 0.29) is 0 Å². The summed E-state index contributed by atoms with van der Waals surface area (Å²) in [6.07, 6.45) is 8.80. The summed E-state index contributed by atoms with van der Waals surface area (Å²) in [6, 6.07) is 8.76. The summed E-state index contributed by atoms with van der Waals surface area (Å²) < 4.78 is 0. The number of aromatic amines is 1. The van der Waals surface area contributed by atoms with Gasteiger partial charge in [0.25, 0.3) is 0 Å². The van der Waals surface area contributed by atoms with Crippen LogP contribution in [0.25, 0.3) is 10.9 Å². The molecule has 0 fully saturated rings. The number of aromatic nitrogens is 1. The molecule has 20 heavy (non-hydrogen) atoms. The Morgan fingerprint density at radius 3 is 2.75 bits per heavy atom. The van der Waals surface area contributed by atoms with Crippen LogP contribution in [0.3, 0.4) is 0 Å². The topological polar surface area (TPSA) is 27.8 Å². The molecule has 0 saturated heterocycles. The van der Waals surface area contributed by atoms with Crippen LogP contribution in [-0.4, -0.2) is 11.5 Å². The monoisotopic (exact) mass is 272 g/mol. The first-order valence-corrected chi connectivity index (χ1v) is 8.02. The third-order valence-electron chi connectivity index (χ3n) is 3.83. The average molecular weight is 272 g/mol. The molecule has 0 radical (unpaired) electrons. The minimum absolute atomic E-state index is 0.857.